The number of carbonyl (C=O) groups is 1. The molecule has 1 amide bonds. The molecule has 0 aliphatic carbocycles. The van der Waals surface area contributed by atoms with E-state index in [-0.39, 0.29) is 11.9 Å². The molecular formula is C10H13N5O. The van der Waals surface area contributed by atoms with Crippen LogP contribution in [-0.4, -0.2) is 18.1 Å². The quantitative estimate of drug-likeness (QED) is 0.385. The molecule has 6 heteroatoms. The SMILES string of the molecule is CC(=O)Nc1ccc(/C=N/N=C(N)N)cc1. The van der Waals surface area contributed by atoms with Crippen LogP contribution in [0.4, 0.5) is 5.69 Å². The molecule has 0 spiro atoms. The van der Waals surface area contributed by atoms with Gasteiger partial charge in [-0.2, -0.15) is 5.10 Å². The molecule has 6 nitrogen and oxygen atoms in total. The Labute approximate surface area is 93.0 Å². The minimum Gasteiger partial charge on any atom is -0.369 e. The van der Waals surface area contributed by atoms with Crippen molar-refractivity contribution < 1.29 is 4.79 Å². The highest BCUT2D eigenvalue weighted by molar-refractivity contribution is 5.89. The van der Waals surface area contributed by atoms with Gasteiger partial charge in [0.25, 0.3) is 0 Å². The molecule has 0 heterocycles. The van der Waals surface area contributed by atoms with Gasteiger partial charge in [-0.1, -0.05) is 12.1 Å². The normalized spacial score (nSPS) is 10.1. The molecule has 0 radical (unpaired) electrons. The van der Waals surface area contributed by atoms with Crippen LogP contribution < -0.4 is 16.8 Å². The number of carbonyl (C=O) groups excluding carboxylic acids is 1. The Kier molecular flexibility index (Phi) is 4.02. The second kappa shape index (κ2) is 5.50. The number of rotatable bonds is 3. The van der Waals surface area contributed by atoms with E-state index in [1.807, 2.05) is 0 Å². The predicted molar refractivity (Wildman–Crippen MR) is 64.1 cm³/mol. The van der Waals surface area contributed by atoms with E-state index in [0.717, 1.165) is 11.3 Å². The van der Waals surface area contributed by atoms with E-state index in [4.69, 9.17) is 11.5 Å². The number of nitrogens with one attached hydrogen (secondary N) is 1. The Morgan fingerprint density at radius 2 is 1.94 bits per heavy atom. The molecule has 0 aliphatic rings. The Balaban J connectivity index is 2.68. The molecule has 84 valence electrons. The first-order valence-corrected chi connectivity index (χ1v) is 4.57. The van der Waals surface area contributed by atoms with Gasteiger partial charge in [0.05, 0.1) is 6.21 Å². The van der Waals surface area contributed by atoms with Crippen LogP contribution in [-0.2, 0) is 4.79 Å². The second-order valence-electron chi connectivity index (χ2n) is 3.07. The summed E-state index contributed by atoms with van der Waals surface area (Å²) in [5.41, 5.74) is 11.8. The van der Waals surface area contributed by atoms with E-state index in [2.05, 4.69) is 15.5 Å². The van der Waals surface area contributed by atoms with Gasteiger partial charge < -0.3 is 16.8 Å². The number of amides is 1. The molecule has 1 aromatic carbocycles. The molecule has 5 N–H and O–H groups in total. The summed E-state index contributed by atoms with van der Waals surface area (Å²) in [5, 5.41) is 9.78. The van der Waals surface area contributed by atoms with E-state index in [9.17, 15) is 4.79 Å². The maximum Gasteiger partial charge on any atom is 0.221 e. The Hall–Kier alpha value is -2.37. The van der Waals surface area contributed by atoms with Crippen LogP contribution in [0.1, 0.15) is 12.5 Å². The third-order valence-electron chi connectivity index (χ3n) is 1.61. The summed E-state index contributed by atoms with van der Waals surface area (Å²) in [6, 6.07) is 7.10. The fourth-order valence-corrected chi connectivity index (χ4v) is 1.02. The highest BCUT2D eigenvalue weighted by Crippen LogP contribution is 2.07. The molecule has 0 aromatic heterocycles. The van der Waals surface area contributed by atoms with Gasteiger partial charge in [-0.15, -0.1) is 5.10 Å². The van der Waals surface area contributed by atoms with Gasteiger partial charge in [0, 0.05) is 12.6 Å². The molecule has 0 fully saturated rings. The number of anilines is 1. The first-order valence-electron chi connectivity index (χ1n) is 4.57. The fraction of sp³-hybridized carbons (Fsp3) is 0.100. The summed E-state index contributed by atoms with van der Waals surface area (Å²) < 4.78 is 0. The number of hydrogen-bond acceptors (Lipinski definition) is 3. The van der Waals surface area contributed by atoms with E-state index in [0.29, 0.717) is 0 Å². The lowest BCUT2D eigenvalue weighted by Crippen LogP contribution is -2.21. The van der Waals surface area contributed by atoms with Gasteiger partial charge in [-0.25, -0.2) is 0 Å². The minimum absolute atomic E-state index is 0.0916. The first-order chi connectivity index (χ1) is 7.58. The van der Waals surface area contributed by atoms with Crippen LogP contribution in [0.5, 0.6) is 0 Å². The van der Waals surface area contributed by atoms with E-state index in [1.54, 1.807) is 24.3 Å². The molecule has 0 atom stereocenters. The Morgan fingerprint density at radius 1 is 1.31 bits per heavy atom. The lowest BCUT2D eigenvalue weighted by molar-refractivity contribution is -0.114. The molecule has 0 saturated carbocycles. The minimum atomic E-state index is -0.109. The lowest BCUT2D eigenvalue weighted by Gasteiger charge is -2.00. The summed E-state index contributed by atoms with van der Waals surface area (Å²) in [7, 11) is 0. The van der Waals surface area contributed by atoms with Gasteiger partial charge in [0.1, 0.15) is 0 Å². The summed E-state index contributed by atoms with van der Waals surface area (Å²) in [5.74, 6) is -0.201. The number of nitrogens with two attached hydrogens (primary N) is 2. The van der Waals surface area contributed by atoms with E-state index >= 15 is 0 Å². The van der Waals surface area contributed by atoms with Crippen molar-refractivity contribution in [1.29, 1.82) is 0 Å². The number of benzene rings is 1. The largest absolute Gasteiger partial charge is 0.369 e. The molecular weight excluding hydrogens is 206 g/mol. The van der Waals surface area contributed by atoms with Gasteiger partial charge in [0.15, 0.2) is 0 Å². The van der Waals surface area contributed by atoms with E-state index < -0.39 is 0 Å². The summed E-state index contributed by atoms with van der Waals surface area (Å²) in [6.07, 6.45) is 1.51. The lowest BCUT2D eigenvalue weighted by atomic mass is 10.2. The van der Waals surface area contributed by atoms with Crippen molar-refractivity contribution in [2.24, 2.45) is 21.7 Å². The molecule has 16 heavy (non-hydrogen) atoms. The van der Waals surface area contributed by atoms with Crippen LogP contribution in [0.25, 0.3) is 0 Å². The molecule has 0 aliphatic heterocycles. The van der Waals surface area contributed by atoms with Crippen molar-refractivity contribution in [3.8, 4) is 0 Å². The van der Waals surface area contributed by atoms with Crippen LogP contribution >= 0.6 is 0 Å². The van der Waals surface area contributed by atoms with Crippen LogP contribution in [0.2, 0.25) is 0 Å². The van der Waals surface area contributed by atoms with Crippen LogP contribution in [0.3, 0.4) is 0 Å². The van der Waals surface area contributed by atoms with Crippen molar-refractivity contribution in [3.05, 3.63) is 29.8 Å². The van der Waals surface area contributed by atoms with Crippen LogP contribution in [0.15, 0.2) is 34.5 Å². The van der Waals surface area contributed by atoms with Gasteiger partial charge in [0.2, 0.25) is 11.9 Å². The zero-order chi connectivity index (χ0) is 12.0. The molecule has 1 aromatic rings. The fourth-order valence-electron chi connectivity index (χ4n) is 1.02. The average Bonchev–Trinajstić information content (AvgIpc) is 2.19. The Bertz CT molecular complexity index is 417. The highest BCUT2D eigenvalue weighted by Gasteiger charge is 1.94. The average molecular weight is 219 g/mol. The first kappa shape index (κ1) is 11.7. The van der Waals surface area contributed by atoms with Gasteiger partial charge >= 0.3 is 0 Å². The van der Waals surface area contributed by atoms with Crippen molar-refractivity contribution in [3.63, 3.8) is 0 Å². The van der Waals surface area contributed by atoms with E-state index in [1.165, 1.54) is 13.1 Å². The second-order valence-corrected chi connectivity index (χ2v) is 3.07. The zero-order valence-electron chi connectivity index (χ0n) is 8.84. The molecule has 1 rings (SSSR count). The van der Waals surface area contributed by atoms with Gasteiger partial charge in [-0.3, -0.25) is 4.79 Å². The number of hydrogen-bond donors (Lipinski definition) is 3. The van der Waals surface area contributed by atoms with Crippen LogP contribution in [0, 0.1) is 0 Å². The third-order valence-corrected chi connectivity index (χ3v) is 1.61. The smallest absolute Gasteiger partial charge is 0.221 e. The summed E-state index contributed by atoms with van der Waals surface area (Å²) in [6.45, 7) is 1.45. The molecule has 0 bridgehead atoms. The standard InChI is InChI=1S/C10H13N5O/c1-7(16)14-9-4-2-8(3-5-9)6-13-15-10(11)12/h2-6H,1H3,(H,14,16)(H4,11,12,15)/b13-6+. The van der Waals surface area contributed by atoms with Crippen molar-refractivity contribution in [1.82, 2.24) is 0 Å². The van der Waals surface area contributed by atoms with Crippen molar-refractivity contribution in [2.75, 3.05) is 5.32 Å². The monoisotopic (exact) mass is 219 g/mol. The summed E-state index contributed by atoms with van der Waals surface area (Å²) >= 11 is 0. The highest BCUT2D eigenvalue weighted by atomic mass is 16.1. The topological polar surface area (TPSA) is 106 Å². The zero-order valence-corrected chi connectivity index (χ0v) is 8.84. The number of guanidine groups is 1. The number of nitrogens with zero attached hydrogens (tertiary/aromatic N) is 2. The Morgan fingerprint density at radius 3 is 2.44 bits per heavy atom. The van der Waals surface area contributed by atoms with Gasteiger partial charge in [-0.05, 0) is 17.7 Å². The summed E-state index contributed by atoms with van der Waals surface area (Å²) in [4.78, 5) is 10.8. The maximum atomic E-state index is 10.8. The van der Waals surface area contributed by atoms with Crippen molar-refractivity contribution in [2.45, 2.75) is 6.92 Å². The third kappa shape index (κ3) is 4.23. The maximum absolute atomic E-state index is 10.8. The van der Waals surface area contributed by atoms with Crippen molar-refractivity contribution >= 4 is 23.8 Å². The predicted octanol–water partition coefficient (Wildman–Crippen LogP) is 0.252. The molecule has 0 saturated heterocycles. The molecule has 0 unspecified atom stereocenters.